The van der Waals surface area contributed by atoms with Gasteiger partial charge >= 0.3 is 0 Å². The largest absolute Gasteiger partial charge is 0.310 e. The average Bonchev–Trinajstić information content (AvgIpc) is 4.09. The van der Waals surface area contributed by atoms with Gasteiger partial charge in [-0.25, -0.2) is 0 Å². The van der Waals surface area contributed by atoms with Crippen LogP contribution in [0.4, 0.5) is 23.3 Å². The molecule has 0 radical (unpaired) electrons. The summed E-state index contributed by atoms with van der Waals surface area (Å²) in [6, 6.07) is 60.8. The molecular weight excluding hydrogens is 783 g/mol. The Labute approximate surface area is 369 Å². The van der Waals surface area contributed by atoms with Crippen molar-refractivity contribution in [2.45, 2.75) is 23.9 Å². The highest BCUT2D eigenvalue weighted by molar-refractivity contribution is 6.11. The molecule has 302 valence electrons. The maximum absolute atomic E-state index is 5.51. The zero-order valence-corrected chi connectivity index (χ0v) is 34.6. The minimum Gasteiger partial charge on any atom is -0.310 e. The molecule has 2 aliphatic heterocycles. The molecular formula is C57H39N7. The molecule has 64 heavy (non-hydrogen) atoms. The number of rotatable bonds is 5. The smallest absolute Gasteiger partial charge is 0.235 e. The van der Waals surface area contributed by atoms with E-state index in [0.29, 0.717) is 17.7 Å². The van der Waals surface area contributed by atoms with Gasteiger partial charge in [0.1, 0.15) is 0 Å². The van der Waals surface area contributed by atoms with Crippen molar-refractivity contribution in [3.05, 3.63) is 224 Å². The van der Waals surface area contributed by atoms with Gasteiger partial charge in [0.2, 0.25) is 11.9 Å². The zero-order chi connectivity index (χ0) is 41.9. The van der Waals surface area contributed by atoms with Gasteiger partial charge < -0.3 is 18.9 Å². The molecule has 0 fully saturated rings. The van der Waals surface area contributed by atoms with Crippen molar-refractivity contribution in [1.82, 2.24) is 24.1 Å². The molecule has 7 heteroatoms. The van der Waals surface area contributed by atoms with Crippen LogP contribution in [0.25, 0.3) is 66.4 Å². The molecule has 3 aromatic heterocycles. The van der Waals surface area contributed by atoms with Gasteiger partial charge in [-0.15, -0.1) is 0 Å². The molecule has 7 aromatic carbocycles. The number of fused-ring (bicyclic) bond motifs is 12. The van der Waals surface area contributed by atoms with Gasteiger partial charge in [0, 0.05) is 61.7 Å². The Bertz CT molecular complexity index is 3580. The Morgan fingerprint density at radius 1 is 0.406 bits per heavy atom. The molecule has 0 bridgehead atoms. The third-order valence-corrected chi connectivity index (χ3v) is 13.8. The maximum atomic E-state index is 5.51. The molecule has 0 spiro atoms. The van der Waals surface area contributed by atoms with Crippen LogP contribution in [0.5, 0.6) is 0 Å². The molecule has 5 heterocycles. The second kappa shape index (κ2) is 13.6. The fourth-order valence-corrected chi connectivity index (χ4v) is 11.1. The van der Waals surface area contributed by atoms with Crippen LogP contribution < -0.4 is 9.80 Å². The van der Waals surface area contributed by atoms with E-state index in [1.54, 1.807) is 0 Å². The van der Waals surface area contributed by atoms with Gasteiger partial charge in [-0.1, -0.05) is 158 Å². The molecule has 4 unspecified atom stereocenters. The van der Waals surface area contributed by atoms with Crippen LogP contribution in [0.2, 0.25) is 0 Å². The lowest BCUT2D eigenvalue weighted by molar-refractivity contribution is 0.711. The van der Waals surface area contributed by atoms with Crippen LogP contribution in [-0.2, 0) is 0 Å². The molecule has 2 aliphatic carbocycles. The molecule has 4 atom stereocenters. The van der Waals surface area contributed by atoms with Crippen molar-refractivity contribution in [3.63, 3.8) is 0 Å². The predicted octanol–water partition coefficient (Wildman–Crippen LogP) is 13.2. The van der Waals surface area contributed by atoms with Gasteiger partial charge in [0.15, 0.2) is 5.82 Å². The van der Waals surface area contributed by atoms with Crippen LogP contribution in [0.3, 0.4) is 0 Å². The second-order valence-electron chi connectivity index (χ2n) is 17.2. The van der Waals surface area contributed by atoms with Crippen molar-refractivity contribution in [2.24, 2.45) is 0 Å². The van der Waals surface area contributed by atoms with E-state index < -0.39 is 0 Å². The number of benzene rings is 7. The number of nitrogens with zero attached hydrogens (tertiary/aromatic N) is 7. The molecule has 0 saturated heterocycles. The van der Waals surface area contributed by atoms with Gasteiger partial charge in [0.05, 0.1) is 34.2 Å². The van der Waals surface area contributed by atoms with Crippen molar-refractivity contribution in [1.29, 1.82) is 0 Å². The van der Waals surface area contributed by atoms with E-state index in [1.165, 1.54) is 54.7 Å². The van der Waals surface area contributed by atoms with Gasteiger partial charge in [-0.3, -0.25) is 0 Å². The summed E-state index contributed by atoms with van der Waals surface area (Å²) in [5.41, 5.74) is 12.7. The Hall–Kier alpha value is -8.29. The summed E-state index contributed by atoms with van der Waals surface area (Å²) < 4.78 is 4.82. The Balaban J connectivity index is 0.923. The fourth-order valence-electron chi connectivity index (χ4n) is 11.1. The Morgan fingerprint density at radius 2 is 0.938 bits per heavy atom. The lowest BCUT2D eigenvalue weighted by Gasteiger charge is -2.30. The quantitative estimate of drug-likeness (QED) is 0.173. The number of para-hydroxylation sites is 5. The van der Waals surface area contributed by atoms with E-state index in [0.717, 1.165) is 28.3 Å². The van der Waals surface area contributed by atoms with E-state index in [1.807, 2.05) is 6.07 Å². The normalized spacial score (nSPS) is 19.4. The number of allylic oxidation sites excluding steroid dienone is 4. The third kappa shape index (κ3) is 5.06. The third-order valence-electron chi connectivity index (χ3n) is 13.8. The minimum atomic E-state index is -0.0435. The number of anilines is 4. The fraction of sp³-hybridized carbons (Fsp3) is 0.0702. The molecule has 0 N–H and O–H groups in total. The van der Waals surface area contributed by atoms with Crippen LogP contribution in [0, 0.1) is 0 Å². The number of aromatic nitrogens is 5. The SMILES string of the molecule is C1=CC2c3cc(-n4c5ccccc5c5ccccc54)ccc3N(c3nc(-c4ccccc4)nc(N4c5ccccc5C5C=C(n6c7ccccc7c7ccccc76)C=CC54)n3)C2C=C1. The molecule has 4 aliphatic rings. The summed E-state index contributed by atoms with van der Waals surface area (Å²) >= 11 is 0. The second-order valence-corrected chi connectivity index (χ2v) is 17.2. The van der Waals surface area contributed by atoms with E-state index in [-0.39, 0.29) is 23.9 Å². The first kappa shape index (κ1) is 35.3. The maximum Gasteiger partial charge on any atom is 0.235 e. The Morgan fingerprint density at radius 3 is 1.59 bits per heavy atom. The monoisotopic (exact) mass is 821 g/mol. The lowest BCUT2D eigenvalue weighted by Crippen LogP contribution is -2.33. The summed E-state index contributed by atoms with van der Waals surface area (Å²) in [6.07, 6.45) is 16.0. The van der Waals surface area contributed by atoms with Crippen molar-refractivity contribution >= 4 is 72.6 Å². The molecule has 14 rings (SSSR count). The van der Waals surface area contributed by atoms with Gasteiger partial charge in [0.25, 0.3) is 0 Å². The van der Waals surface area contributed by atoms with E-state index >= 15 is 0 Å². The summed E-state index contributed by atoms with van der Waals surface area (Å²) in [5.74, 6) is 2.08. The van der Waals surface area contributed by atoms with Crippen LogP contribution in [-0.4, -0.2) is 36.2 Å². The average molecular weight is 822 g/mol. The highest BCUT2D eigenvalue weighted by Crippen LogP contribution is 2.51. The first-order chi connectivity index (χ1) is 31.8. The standard InChI is InChI=1S/C57H39N7/c1-2-16-36(17-3-1)55-58-56(63-51-28-14-8-22-43(51)45-34-37(30-32-53(45)63)61-47-24-10-4-18-39(47)40-19-5-11-25-48(40)61)60-57(59-55)64-52-29-15-9-23-44(52)46-35-38(31-33-54(46)64)62-49-26-12-6-20-41(49)42-21-7-13-27-50(42)62/h1-35,43,46,51,54H. The predicted molar refractivity (Wildman–Crippen MR) is 261 cm³/mol. The summed E-state index contributed by atoms with van der Waals surface area (Å²) in [7, 11) is 0. The lowest BCUT2D eigenvalue weighted by atomic mass is 9.90. The molecule has 7 nitrogen and oxygen atoms in total. The number of hydrogen-bond acceptors (Lipinski definition) is 5. The summed E-state index contributed by atoms with van der Waals surface area (Å²) in [4.78, 5) is 20.9. The zero-order valence-electron chi connectivity index (χ0n) is 34.6. The topological polar surface area (TPSA) is 55.0 Å². The van der Waals surface area contributed by atoms with Crippen molar-refractivity contribution < 1.29 is 0 Å². The van der Waals surface area contributed by atoms with Crippen LogP contribution in [0.1, 0.15) is 23.0 Å². The highest BCUT2D eigenvalue weighted by atomic mass is 15.4. The summed E-state index contributed by atoms with van der Waals surface area (Å²) in [6.45, 7) is 0. The van der Waals surface area contributed by atoms with Crippen LogP contribution >= 0.6 is 0 Å². The van der Waals surface area contributed by atoms with E-state index in [4.69, 9.17) is 15.0 Å². The van der Waals surface area contributed by atoms with E-state index in [2.05, 4.69) is 225 Å². The van der Waals surface area contributed by atoms with Crippen molar-refractivity contribution in [3.8, 4) is 17.1 Å². The first-order valence-electron chi connectivity index (χ1n) is 22.1. The van der Waals surface area contributed by atoms with E-state index in [9.17, 15) is 0 Å². The highest BCUT2D eigenvalue weighted by Gasteiger charge is 2.43. The molecule has 10 aromatic rings. The summed E-state index contributed by atoms with van der Waals surface area (Å²) in [5, 5.41) is 5.01. The Kier molecular flexibility index (Phi) is 7.51. The molecule has 0 saturated carbocycles. The van der Waals surface area contributed by atoms with Crippen molar-refractivity contribution in [2.75, 3.05) is 9.80 Å². The van der Waals surface area contributed by atoms with Gasteiger partial charge in [-0.2, -0.15) is 15.0 Å². The number of hydrogen-bond donors (Lipinski definition) is 0. The van der Waals surface area contributed by atoms with Gasteiger partial charge in [-0.05, 0) is 65.7 Å². The molecule has 0 amide bonds. The minimum absolute atomic E-state index is 0.0165. The van der Waals surface area contributed by atoms with Crippen LogP contribution in [0.15, 0.2) is 212 Å². The first-order valence-corrected chi connectivity index (χ1v) is 22.1.